The summed E-state index contributed by atoms with van der Waals surface area (Å²) >= 11 is 4.27. The maximum absolute atomic E-state index is 4.91. The van der Waals surface area contributed by atoms with Crippen LogP contribution < -0.4 is 0 Å². The number of pyridine rings is 1. The van der Waals surface area contributed by atoms with Crippen LogP contribution in [-0.4, -0.2) is 20.6 Å². The lowest BCUT2D eigenvalue weighted by molar-refractivity contribution is 0.768. The van der Waals surface area contributed by atoms with Crippen molar-refractivity contribution < 1.29 is 0 Å². The van der Waals surface area contributed by atoms with E-state index in [2.05, 4.69) is 66.0 Å². The first-order chi connectivity index (χ1) is 10.3. The van der Waals surface area contributed by atoms with Crippen LogP contribution in [0.4, 0.5) is 0 Å². The van der Waals surface area contributed by atoms with Crippen molar-refractivity contribution in [1.82, 2.24) is 4.98 Å². The number of rotatable bonds is 0. The van der Waals surface area contributed by atoms with E-state index in [9.17, 15) is 0 Å². The van der Waals surface area contributed by atoms with Crippen molar-refractivity contribution in [1.29, 1.82) is 0 Å². The Labute approximate surface area is 134 Å². The number of thioether (sulfide) groups is 2. The lowest BCUT2D eigenvalue weighted by Gasteiger charge is -2.27. The summed E-state index contributed by atoms with van der Waals surface area (Å²) in [7, 11) is 0. The average molecular weight is 313 g/mol. The topological polar surface area (TPSA) is 12.9 Å². The normalized spacial score (nSPS) is 20.2. The minimum atomic E-state index is 0.286. The molecule has 108 valence electrons. The molecule has 0 atom stereocenters. The van der Waals surface area contributed by atoms with Crippen molar-refractivity contribution in [3.8, 4) is 0 Å². The Bertz CT molecular complexity index is 596. The second kappa shape index (κ2) is 5.69. The zero-order valence-electron chi connectivity index (χ0n) is 12.0. The highest BCUT2D eigenvalue weighted by molar-refractivity contribution is 8.21. The molecule has 0 saturated carbocycles. The van der Waals surface area contributed by atoms with Crippen LogP contribution >= 0.6 is 23.5 Å². The lowest BCUT2D eigenvalue weighted by atomic mass is 10.0. The van der Waals surface area contributed by atoms with Gasteiger partial charge in [0, 0.05) is 29.3 Å². The van der Waals surface area contributed by atoms with E-state index in [-0.39, 0.29) is 4.08 Å². The van der Waals surface area contributed by atoms with Crippen LogP contribution in [-0.2, 0) is 25.7 Å². The molecule has 1 spiro atoms. The van der Waals surface area contributed by atoms with Crippen LogP contribution in [0.25, 0.3) is 0 Å². The van der Waals surface area contributed by atoms with Crippen LogP contribution in [0.3, 0.4) is 0 Å². The Hall–Kier alpha value is -0.930. The van der Waals surface area contributed by atoms with Gasteiger partial charge in [-0.25, -0.2) is 0 Å². The molecule has 2 aliphatic heterocycles. The van der Waals surface area contributed by atoms with Gasteiger partial charge in [-0.1, -0.05) is 30.3 Å². The third-order valence-corrected chi connectivity index (χ3v) is 7.67. The summed E-state index contributed by atoms with van der Waals surface area (Å²) < 4.78 is 0.286. The van der Waals surface area contributed by atoms with Gasteiger partial charge in [0.2, 0.25) is 0 Å². The Balaban J connectivity index is 1.78. The Morgan fingerprint density at radius 3 is 2.48 bits per heavy atom. The predicted molar refractivity (Wildman–Crippen MR) is 93.1 cm³/mol. The molecule has 0 unspecified atom stereocenters. The monoisotopic (exact) mass is 313 g/mol. The Morgan fingerprint density at radius 2 is 1.57 bits per heavy atom. The fourth-order valence-corrected chi connectivity index (χ4v) is 6.57. The number of nitrogens with zero attached hydrogens (tertiary/aromatic N) is 1. The van der Waals surface area contributed by atoms with Gasteiger partial charge >= 0.3 is 0 Å². The van der Waals surface area contributed by atoms with Crippen molar-refractivity contribution >= 4 is 23.5 Å². The van der Waals surface area contributed by atoms with Gasteiger partial charge < -0.3 is 0 Å². The molecular weight excluding hydrogens is 294 g/mol. The van der Waals surface area contributed by atoms with Crippen molar-refractivity contribution in [2.45, 2.75) is 29.8 Å². The summed E-state index contributed by atoms with van der Waals surface area (Å²) in [5, 5.41) is 0. The van der Waals surface area contributed by atoms with E-state index >= 15 is 0 Å². The summed E-state index contributed by atoms with van der Waals surface area (Å²) in [4.78, 5) is 4.91. The number of aryl methyl sites for hydroxylation is 2. The molecule has 1 aromatic heterocycles. The van der Waals surface area contributed by atoms with Gasteiger partial charge in [-0.15, -0.1) is 23.5 Å². The van der Waals surface area contributed by atoms with Crippen LogP contribution in [0.1, 0.15) is 22.5 Å². The standard InChI is InChI=1S/C18H19NS2/c1-3-14-7-8-16-5-2-6-17(19-16)13-18(20-9-10-21-18)12-15(4-1)11-14/h1-6,11H,7-10,12-13H2. The number of hydrogen-bond acceptors (Lipinski definition) is 3. The molecule has 0 amide bonds. The van der Waals surface area contributed by atoms with E-state index in [0.717, 1.165) is 25.7 Å². The molecule has 1 aromatic carbocycles. The summed E-state index contributed by atoms with van der Waals surface area (Å²) in [6.07, 6.45) is 4.38. The summed E-state index contributed by atoms with van der Waals surface area (Å²) in [5.41, 5.74) is 5.45. The van der Waals surface area contributed by atoms with Crippen LogP contribution in [0.2, 0.25) is 0 Å². The number of hydrogen-bond donors (Lipinski definition) is 0. The summed E-state index contributed by atoms with van der Waals surface area (Å²) in [5.74, 6) is 2.54. The SMILES string of the molecule is c1cc2cc(c1)CC1(Cc3cccc(n3)CC2)SCCS1. The maximum atomic E-state index is 4.91. The fraction of sp³-hybridized carbons (Fsp3) is 0.389. The minimum absolute atomic E-state index is 0.286. The zero-order valence-corrected chi connectivity index (χ0v) is 13.7. The van der Waals surface area contributed by atoms with E-state index < -0.39 is 0 Å². The van der Waals surface area contributed by atoms with Crippen molar-refractivity contribution in [3.05, 3.63) is 65.0 Å². The van der Waals surface area contributed by atoms with Crippen LogP contribution in [0.5, 0.6) is 0 Å². The molecule has 2 aliphatic rings. The smallest absolute Gasteiger partial charge is 0.0706 e. The molecule has 0 aliphatic carbocycles. The molecule has 2 aromatic rings. The zero-order chi connectivity index (χ0) is 14.1. The molecule has 3 heterocycles. The first-order valence-electron chi connectivity index (χ1n) is 7.62. The van der Waals surface area contributed by atoms with Crippen LogP contribution in [0.15, 0.2) is 42.5 Å². The molecule has 4 rings (SSSR count). The predicted octanol–water partition coefficient (Wildman–Crippen LogP) is 4.14. The molecule has 3 heteroatoms. The van der Waals surface area contributed by atoms with E-state index in [4.69, 9.17) is 4.98 Å². The highest BCUT2D eigenvalue weighted by Crippen LogP contribution is 2.48. The molecule has 1 saturated heterocycles. The molecule has 0 N–H and O–H groups in total. The Morgan fingerprint density at radius 1 is 0.810 bits per heavy atom. The highest BCUT2D eigenvalue weighted by atomic mass is 32.2. The van der Waals surface area contributed by atoms with Gasteiger partial charge in [0.25, 0.3) is 0 Å². The molecule has 0 radical (unpaired) electrons. The molecule has 4 bridgehead atoms. The van der Waals surface area contributed by atoms with Crippen molar-refractivity contribution in [2.24, 2.45) is 0 Å². The van der Waals surface area contributed by atoms with Gasteiger partial charge in [0.1, 0.15) is 0 Å². The number of benzene rings is 1. The van der Waals surface area contributed by atoms with E-state index in [1.54, 1.807) is 0 Å². The third kappa shape index (κ3) is 3.00. The number of aromatic nitrogens is 1. The average Bonchev–Trinajstić information content (AvgIpc) is 2.93. The van der Waals surface area contributed by atoms with Crippen LogP contribution in [0, 0.1) is 0 Å². The second-order valence-corrected chi connectivity index (χ2v) is 9.12. The third-order valence-electron chi connectivity index (χ3n) is 4.26. The molecule has 21 heavy (non-hydrogen) atoms. The number of fused-ring (bicyclic) bond motifs is 4. The largest absolute Gasteiger partial charge is 0.258 e. The minimum Gasteiger partial charge on any atom is -0.258 e. The first-order valence-corrected chi connectivity index (χ1v) is 9.59. The Kier molecular flexibility index (Phi) is 3.72. The second-order valence-electron chi connectivity index (χ2n) is 5.90. The lowest BCUT2D eigenvalue weighted by Crippen LogP contribution is -2.24. The molecule has 1 fully saturated rings. The van der Waals surface area contributed by atoms with Gasteiger partial charge in [-0.2, -0.15) is 0 Å². The quantitative estimate of drug-likeness (QED) is 0.725. The fourth-order valence-electron chi connectivity index (χ4n) is 3.29. The van der Waals surface area contributed by atoms with E-state index in [0.29, 0.717) is 0 Å². The van der Waals surface area contributed by atoms with E-state index in [1.807, 2.05) is 0 Å². The molecular formula is C18H19NS2. The van der Waals surface area contributed by atoms with Gasteiger partial charge in [0.05, 0.1) is 4.08 Å². The highest BCUT2D eigenvalue weighted by Gasteiger charge is 2.36. The van der Waals surface area contributed by atoms with Gasteiger partial charge in [-0.3, -0.25) is 4.98 Å². The summed E-state index contributed by atoms with van der Waals surface area (Å²) in [6.45, 7) is 0. The van der Waals surface area contributed by atoms with Gasteiger partial charge in [-0.05, 0) is 42.5 Å². The molecule has 1 nitrogen and oxygen atoms in total. The van der Waals surface area contributed by atoms with Crippen molar-refractivity contribution in [3.63, 3.8) is 0 Å². The maximum Gasteiger partial charge on any atom is 0.0706 e. The van der Waals surface area contributed by atoms with Crippen molar-refractivity contribution in [2.75, 3.05) is 11.5 Å². The first kappa shape index (κ1) is 13.7. The summed E-state index contributed by atoms with van der Waals surface area (Å²) in [6, 6.07) is 15.8. The van der Waals surface area contributed by atoms with E-state index in [1.165, 1.54) is 34.0 Å². The van der Waals surface area contributed by atoms with Gasteiger partial charge in [0.15, 0.2) is 0 Å².